The lowest BCUT2D eigenvalue weighted by Crippen LogP contribution is -2.40. The molecule has 0 fully saturated rings. The summed E-state index contributed by atoms with van der Waals surface area (Å²) in [6.45, 7) is 4.05. The molecule has 200 valence electrons. The van der Waals surface area contributed by atoms with Crippen molar-refractivity contribution < 1.29 is 23.1 Å². The van der Waals surface area contributed by atoms with Crippen LogP contribution < -0.4 is 5.32 Å². The number of hydrogen-bond donors (Lipinski definition) is 1. The molecule has 1 atom stereocenters. The summed E-state index contributed by atoms with van der Waals surface area (Å²) >= 11 is 0. The Hall–Kier alpha value is -1.98. The Morgan fingerprint density at radius 3 is 1.69 bits per heavy atom. The quantitative estimate of drug-likeness (QED) is 0.138. The third kappa shape index (κ3) is 15.6. The summed E-state index contributed by atoms with van der Waals surface area (Å²) < 4.78 is 31.8. The van der Waals surface area contributed by atoms with Crippen molar-refractivity contribution in [2.24, 2.45) is 0 Å². The molecule has 0 heterocycles. The van der Waals surface area contributed by atoms with Crippen LogP contribution in [0, 0.1) is 11.6 Å². The second kappa shape index (κ2) is 20.2. The van der Waals surface area contributed by atoms with Crippen molar-refractivity contribution in [1.29, 1.82) is 0 Å². The molecule has 0 aliphatic carbocycles. The van der Waals surface area contributed by atoms with E-state index in [0.29, 0.717) is 12.7 Å². The summed E-state index contributed by atoms with van der Waals surface area (Å²) in [5.74, 6) is -3.06. The van der Waals surface area contributed by atoms with Gasteiger partial charge in [0.2, 0.25) is 0 Å². The van der Waals surface area contributed by atoms with E-state index in [9.17, 15) is 18.4 Å². The van der Waals surface area contributed by atoms with Crippen LogP contribution in [0.15, 0.2) is 18.2 Å². The molecule has 1 unspecified atom stereocenters. The van der Waals surface area contributed by atoms with Crippen LogP contribution in [0.1, 0.15) is 133 Å². The van der Waals surface area contributed by atoms with E-state index in [-0.39, 0.29) is 5.56 Å². The van der Waals surface area contributed by atoms with Crippen LogP contribution in [0.2, 0.25) is 0 Å². The predicted molar refractivity (Wildman–Crippen MR) is 138 cm³/mol. The molecule has 0 aromatic heterocycles. The van der Waals surface area contributed by atoms with Crippen LogP contribution in [0.5, 0.6) is 0 Å². The number of esters is 1. The SMILES string of the molecule is CCCCCCCCCCCCCCCCCCCOC(=O)C(C)NC(=O)c1ccc(F)cc1F. The number of ether oxygens (including phenoxy) is 1. The van der Waals surface area contributed by atoms with Crippen molar-refractivity contribution in [2.45, 2.75) is 129 Å². The number of halogens is 2. The first-order chi connectivity index (χ1) is 17.0. The van der Waals surface area contributed by atoms with Gasteiger partial charge >= 0.3 is 5.97 Å². The number of hydrogen-bond acceptors (Lipinski definition) is 3. The molecule has 0 aliphatic rings. The minimum Gasteiger partial charge on any atom is -0.464 e. The van der Waals surface area contributed by atoms with E-state index in [2.05, 4.69) is 12.2 Å². The fraction of sp³-hybridized carbons (Fsp3) is 0.724. The van der Waals surface area contributed by atoms with Gasteiger partial charge in [-0.15, -0.1) is 0 Å². The zero-order valence-corrected chi connectivity index (χ0v) is 22.0. The zero-order valence-electron chi connectivity index (χ0n) is 22.0. The molecular formula is C29H47F2NO3. The molecule has 0 saturated heterocycles. The highest BCUT2D eigenvalue weighted by molar-refractivity contribution is 5.96. The van der Waals surface area contributed by atoms with Crippen molar-refractivity contribution in [3.05, 3.63) is 35.4 Å². The average Bonchev–Trinajstić information content (AvgIpc) is 2.83. The van der Waals surface area contributed by atoms with Crippen LogP contribution in [0.3, 0.4) is 0 Å². The van der Waals surface area contributed by atoms with Crippen molar-refractivity contribution >= 4 is 11.9 Å². The predicted octanol–water partition coefficient (Wildman–Crippen LogP) is 8.28. The molecule has 0 saturated carbocycles. The van der Waals surface area contributed by atoms with Crippen molar-refractivity contribution in [2.75, 3.05) is 6.61 Å². The summed E-state index contributed by atoms with van der Waals surface area (Å²) in [7, 11) is 0. The number of carbonyl (C=O) groups is 2. The third-order valence-electron chi connectivity index (χ3n) is 6.37. The van der Waals surface area contributed by atoms with Crippen LogP contribution >= 0.6 is 0 Å². The number of unbranched alkanes of at least 4 members (excludes halogenated alkanes) is 16. The van der Waals surface area contributed by atoms with Crippen LogP contribution in [0.4, 0.5) is 8.78 Å². The van der Waals surface area contributed by atoms with Crippen LogP contribution in [-0.2, 0) is 9.53 Å². The Kier molecular flexibility index (Phi) is 18.0. The lowest BCUT2D eigenvalue weighted by molar-refractivity contribution is -0.145. The first kappa shape index (κ1) is 31.1. The maximum Gasteiger partial charge on any atom is 0.328 e. The Morgan fingerprint density at radius 2 is 1.23 bits per heavy atom. The number of nitrogens with one attached hydrogen (secondary N) is 1. The molecule has 35 heavy (non-hydrogen) atoms. The molecule has 1 aromatic carbocycles. The van der Waals surface area contributed by atoms with E-state index in [0.717, 1.165) is 31.4 Å². The molecule has 0 bridgehead atoms. The van der Waals surface area contributed by atoms with Crippen molar-refractivity contribution in [3.8, 4) is 0 Å². The number of amides is 1. The van der Waals surface area contributed by atoms with Gasteiger partial charge in [-0.25, -0.2) is 13.6 Å². The number of carbonyl (C=O) groups excluding carboxylic acids is 2. The van der Waals surface area contributed by atoms with Crippen molar-refractivity contribution in [3.63, 3.8) is 0 Å². The summed E-state index contributed by atoms with van der Waals surface area (Å²) in [6, 6.07) is 1.78. The minimum atomic E-state index is -0.966. The van der Waals surface area contributed by atoms with Gasteiger partial charge < -0.3 is 10.1 Å². The zero-order chi connectivity index (χ0) is 25.7. The second-order valence-electron chi connectivity index (χ2n) is 9.64. The van der Waals surface area contributed by atoms with Gasteiger partial charge in [0.25, 0.3) is 5.91 Å². The standard InChI is InChI=1S/C29H47F2NO3/c1-3-4-5-6-7-8-9-10-11-12-13-14-15-16-17-18-19-22-35-29(34)24(2)32-28(33)26-21-20-25(30)23-27(26)31/h20-21,23-24H,3-19,22H2,1-2H3,(H,32,33). The monoisotopic (exact) mass is 495 g/mol. The van der Waals surface area contributed by atoms with Crippen molar-refractivity contribution in [1.82, 2.24) is 5.32 Å². The molecule has 6 heteroatoms. The van der Waals surface area contributed by atoms with Crippen LogP contribution in [-0.4, -0.2) is 24.5 Å². The maximum atomic E-state index is 13.7. The van der Waals surface area contributed by atoms with E-state index in [1.165, 1.54) is 96.8 Å². The Bertz CT molecular complexity index is 711. The van der Waals surface area contributed by atoms with Gasteiger partial charge in [-0.05, 0) is 25.5 Å². The maximum absolute atomic E-state index is 13.7. The molecular weight excluding hydrogens is 448 g/mol. The van der Waals surface area contributed by atoms with E-state index in [4.69, 9.17) is 4.74 Å². The molecule has 0 aliphatic heterocycles. The highest BCUT2D eigenvalue weighted by Gasteiger charge is 2.20. The first-order valence-electron chi connectivity index (χ1n) is 13.9. The van der Waals surface area contributed by atoms with Gasteiger partial charge in [-0.2, -0.15) is 0 Å². The highest BCUT2D eigenvalue weighted by atomic mass is 19.1. The average molecular weight is 496 g/mol. The summed E-state index contributed by atoms with van der Waals surface area (Å²) in [5.41, 5.74) is -0.306. The topological polar surface area (TPSA) is 55.4 Å². The van der Waals surface area contributed by atoms with E-state index < -0.39 is 29.6 Å². The lowest BCUT2D eigenvalue weighted by Gasteiger charge is -2.13. The molecule has 0 spiro atoms. The van der Waals surface area contributed by atoms with Gasteiger partial charge in [0.05, 0.1) is 12.2 Å². The molecule has 1 N–H and O–H groups in total. The summed E-state index contributed by atoms with van der Waals surface area (Å²) in [6.07, 6.45) is 21.9. The van der Waals surface area contributed by atoms with Gasteiger partial charge in [0.1, 0.15) is 17.7 Å². The minimum absolute atomic E-state index is 0.306. The molecule has 1 rings (SSSR count). The van der Waals surface area contributed by atoms with Gasteiger partial charge in [-0.1, -0.05) is 110 Å². The van der Waals surface area contributed by atoms with E-state index in [1.807, 2.05) is 0 Å². The number of rotatable bonds is 21. The van der Waals surface area contributed by atoms with Gasteiger partial charge in [0.15, 0.2) is 0 Å². The van der Waals surface area contributed by atoms with Gasteiger partial charge in [0, 0.05) is 6.07 Å². The smallest absolute Gasteiger partial charge is 0.328 e. The largest absolute Gasteiger partial charge is 0.464 e. The fourth-order valence-electron chi connectivity index (χ4n) is 4.13. The Morgan fingerprint density at radius 1 is 0.771 bits per heavy atom. The second-order valence-corrected chi connectivity index (χ2v) is 9.64. The molecule has 1 aromatic rings. The summed E-state index contributed by atoms with van der Waals surface area (Å²) in [4.78, 5) is 24.1. The molecule has 1 amide bonds. The Labute approximate surface area is 211 Å². The van der Waals surface area contributed by atoms with E-state index in [1.54, 1.807) is 0 Å². The number of benzene rings is 1. The first-order valence-corrected chi connectivity index (χ1v) is 13.9. The highest BCUT2D eigenvalue weighted by Crippen LogP contribution is 2.14. The fourth-order valence-corrected chi connectivity index (χ4v) is 4.13. The normalized spacial score (nSPS) is 11.9. The summed E-state index contributed by atoms with van der Waals surface area (Å²) in [5, 5.41) is 2.39. The lowest BCUT2D eigenvalue weighted by atomic mass is 10.0. The van der Waals surface area contributed by atoms with Crippen LogP contribution in [0.25, 0.3) is 0 Å². The molecule has 4 nitrogen and oxygen atoms in total. The van der Waals surface area contributed by atoms with E-state index >= 15 is 0 Å². The van der Waals surface area contributed by atoms with Gasteiger partial charge in [-0.3, -0.25) is 4.79 Å². The third-order valence-corrected chi connectivity index (χ3v) is 6.37. The Balaban J connectivity index is 1.92. The molecule has 0 radical (unpaired) electrons.